The first kappa shape index (κ1) is 10.3. The highest BCUT2D eigenvalue weighted by Crippen LogP contribution is 2.01. The summed E-state index contributed by atoms with van der Waals surface area (Å²) in [6.07, 6.45) is 0. The van der Waals surface area contributed by atoms with Gasteiger partial charge in [-0.15, -0.1) is 0 Å². The van der Waals surface area contributed by atoms with E-state index in [2.05, 4.69) is 21.3 Å². The van der Waals surface area contributed by atoms with Gasteiger partial charge in [0, 0.05) is 0 Å². The summed E-state index contributed by atoms with van der Waals surface area (Å²) in [6, 6.07) is -0.0864. The number of rotatable bonds is 1. The number of amidine groups is 2. The van der Waals surface area contributed by atoms with Gasteiger partial charge in [0.25, 0.3) is 6.02 Å². The highest BCUT2D eigenvalue weighted by Gasteiger charge is 1.93. The Hall–Kier alpha value is -0.740. The number of nitrogens with two attached hydrogens (primary N) is 1. The van der Waals surface area contributed by atoms with Gasteiger partial charge in [-0.3, -0.25) is 0 Å². The highest BCUT2D eigenvalue weighted by molar-refractivity contribution is 6.66. The Kier molecular flexibility index (Phi) is 4.65. The zero-order valence-corrected chi connectivity index (χ0v) is 7.35. The van der Waals surface area contributed by atoms with E-state index in [4.69, 9.17) is 28.9 Å². The zero-order valence-electron chi connectivity index (χ0n) is 5.84. The Labute approximate surface area is 74.4 Å². The number of methoxy groups -OCH3 is 1. The monoisotopic (exact) mass is 195 g/mol. The third-order valence-corrected chi connectivity index (χ3v) is 0.879. The normalized spacial score (nSPS) is 13.0. The van der Waals surface area contributed by atoms with Crippen molar-refractivity contribution in [2.75, 3.05) is 7.11 Å². The van der Waals surface area contributed by atoms with Crippen LogP contribution in [-0.2, 0) is 4.74 Å². The van der Waals surface area contributed by atoms with Gasteiger partial charge in [-0.2, -0.15) is 4.99 Å². The predicted molar refractivity (Wildman–Crippen MR) is 46.9 cm³/mol. The van der Waals surface area contributed by atoms with Crippen LogP contribution in [0.25, 0.3) is 0 Å². The van der Waals surface area contributed by atoms with Crippen molar-refractivity contribution in [3.63, 3.8) is 0 Å². The lowest BCUT2D eigenvalue weighted by molar-refractivity contribution is 0.397. The predicted octanol–water partition coefficient (Wildman–Crippen LogP) is 1.25. The number of nitrogens with zero attached hydrogens (tertiary/aromatic N) is 2. The number of hydrogen-bond acceptors (Lipinski definition) is 2. The first-order chi connectivity index (χ1) is 5.06. The standard InChI is InChI=1S/C5H7Cl2N3O/c1-3(6)9-4(7)10-5(8)11-2/h1H2,2H3,(H2,8,9,10). The molecule has 0 aliphatic rings. The average molecular weight is 196 g/mol. The summed E-state index contributed by atoms with van der Waals surface area (Å²) < 4.78 is 4.49. The van der Waals surface area contributed by atoms with Crippen LogP contribution in [0.4, 0.5) is 0 Å². The van der Waals surface area contributed by atoms with Gasteiger partial charge in [0.05, 0.1) is 7.11 Å². The van der Waals surface area contributed by atoms with Gasteiger partial charge in [-0.25, -0.2) is 4.99 Å². The molecule has 4 nitrogen and oxygen atoms in total. The summed E-state index contributed by atoms with van der Waals surface area (Å²) in [4.78, 5) is 6.95. The molecule has 0 amide bonds. The van der Waals surface area contributed by atoms with Crippen molar-refractivity contribution in [3.05, 3.63) is 11.7 Å². The van der Waals surface area contributed by atoms with Crippen LogP contribution in [0.3, 0.4) is 0 Å². The Bertz CT molecular complexity index is 212. The van der Waals surface area contributed by atoms with Crippen molar-refractivity contribution in [3.8, 4) is 0 Å². The van der Waals surface area contributed by atoms with E-state index in [1.807, 2.05) is 0 Å². The highest BCUT2D eigenvalue weighted by atomic mass is 35.5. The Balaban J connectivity index is 4.26. The molecule has 0 unspecified atom stereocenters. The lowest BCUT2D eigenvalue weighted by Crippen LogP contribution is -2.14. The van der Waals surface area contributed by atoms with E-state index in [0.717, 1.165) is 0 Å². The molecule has 2 N–H and O–H groups in total. The van der Waals surface area contributed by atoms with Gasteiger partial charge in [-0.1, -0.05) is 18.2 Å². The van der Waals surface area contributed by atoms with E-state index < -0.39 is 0 Å². The first-order valence-corrected chi connectivity index (χ1v) is 3.28. The molecule has 0 aromatic rings. The lowest BCUT2D eigenvalue weighted by atomic mass is 11.0. The molecule has 0 spiro atoms. The zero-order chi connectivity index (χ0) is 8.85. The number of ether oxygens (including phenoxy) is 1. The molecule has 0 heterocycles. The summed E-state index contributed by atoms with van der Waals surface area (Å²) in [5, 5.41) is -0.0907. The molecule has 0 saturated heterocycles. The first-order valence-electron chi connectivity index (χ1n) is 2.53. The molecule has 0 fully saturated rings. The fourth-order valence-corrected chi connectivity index (χ4v) is 0.570. The quantitative estimate of drug-likeness (QED) is 0.389. The average Bonchev–Trinajstić information content (AvgIpc) is 1.85. The number of aliphatic imine (C=N–C) groups is 2. The van der Waals surface area contributed by atoms with Gasteiger partial charge in [-0.05, 0) is 11.6 Å². The SMILES string of the molecule is C=C(Cl)/N=C(Cl)\N=C(/N)OC. The second kappa shape index (κ2) is 4.98. The maximum atomic E-state index is 5.41. The molecule has 0 atom stereocenters. The third kappa shape index (κ3) is 5.69. The smallest absolute Gasteiger partial charge is 0.289 e. The van der Waals surface area contributed by atoms with Crippen LogP contribution in [0.5, 0.6) is 0 Å². The van der Waals surface area contributed by atoms with E-state index >= 15 is 0 Å². The van der Waals surface area contributed by atoms with Crippen LogP contribution >= 0.6 is 23.2 Å². The Morgan fingerprint density at radius 1 is 1.45 bits per heavy atom. The Morgan fingerprint density at radius 2 is 2.00 bits per heavy atom. The van der Waals surface area contributed by atoms with Crippen LogP contribution < -0.4 is 5.73 Å². The van der Waals surface area contributed by atoms with Crippen molar-refractivity contribution in [2.24, 2.45) is 15.7 Å². The van der Waals surface area contributed by atoms with E-state index in [1.54, 1.807) is 0 Å². The lowest BCUT2D eigenvalue weighted by Gasteiger charge is -1.94. The molecule has 0 radical (unpaired) electrons. The molecule has 0 aromatic carbocycles. The van der Waals surface area contributed by atoms with Gasteiger partial charge in [0.2, 0.25) is 5.29 Å². The van der Waals surface area contributed by atoms with E-state index in [0.29, 0.717) is 0 Å². The second-order valence-corrected chi connectivity index (χ2v) is 2.19. The number of halogens is 2. The summed E-state index contributed by atoms with van der Waals surface area (Å²) in [5.74, 6) is 0. The topological polar surface area (TPSA) is 60.0 Å². The van der Waals surface area contributed by atoms with E-state index in [1.165, 1.54) is 7.11 Å². The molecule has 0 bridgehead atoms. The Morgan fingerprint density at radius 3 is 2.36 bits per heavy atom. The van der Waals surface area contributed by atoms with E-state index in [-0.39, 0.29) is 16.5 Å². The minimum Gasteiger partial charge on any atom is -0.468 e. The third-order valence-electron chi connectivity index (χ3n) is 0.625. The van der Waals surface area contributed by atoms with Gasteiger partial charge in [0.15, 0.2) is 0 Å². The van der Waals surface area contributed by atoms with Gasteiger partial charge < -0.3 is 10.5 Å². The molecule has 0 aliphatic carbocycles. The van der Waals surface area contributed by atoms with Crippen LogP contribution in [0, 0.1) is 0 Å². The molecule has 0 rings (SSSR count). The number of hydrogen-bond donors (Lipinski definition) is 1. The second-order valence-electron chi connectivity index (χ2n) is 1.41. The van der Waals surface area contributed by atoms with Crippen LogP contribution in [0.2, 0.25) is 0 Å². The van der Waals surface area contributed by atoms with Crippen molar-refractivity contribution < 1.29 is 4.74 Å². The molecule has 62 valence electrons. The fraction of sp³-hybridized carbons (Fsp3) is 0.200. The largest absolute Gasteiger partial charge is 0.468 e. The maximum absolute atomic E-state index is 5.41. The molecule has 0 aliphatic heterocycles. The van der Waals surface area contributed by atoms with E-state index in [9.17, 15) is 0 Å². The molecule has 6 heteroatoms. The van der Waals surface area contributed by atoms with Crippen molar-refractivity contribution in [2.45, 2.75) is 0 Å². The molecule has 0 aromatic heterocycles. The van der Waals surface area contributed by atoms with Crippen molar-refractivity contribution >= 4 is 34.5 Å². The molecular weight excluding hydrogens is 189 g/mol. The fourth-order valence-electron chi connectivity index (χ4n) is 0.262. The van der Waals surface area contributed by atoms with Crippen LogP contribution in [0.1, 0.15) is 0 Å². The molecular formula is C5H7Cl2N3O. The summed E-state index contributed by atoms with van der Waals surface area (Å²) in [5.41, 5.74) is 5.14. The van der Waals surface area contributed by atoms with Crippen LogP contribution in [0.15, 0.2) is 21.7 Å². The van der Waals surface area contributed by atoms with Crippen LogP contribution in [-0.4, -0.2) is 18.4 Å². The summed E-state index contributed by atoms with van der Waals surface area (Å²) >= 11 is 10.7. The van der Waals surface area contributed by atoms with Gasteiger partial charge in [0.1, 0.15) is 5.16 Å². The minimum atomic E-state index is -0.121. The van der Waals surface area contributed by atoms with Crippen molar-refractivity contribution in [1.29, 1.82) is 0 Å². The minimum absolute atomic E-state index is 0.0302. The van der Waals surface area contributed by atoms with Crippen molar-refractivity contribution in [1.82, 2.24) is 0 Å². The summed E-state index contributed by atoms with van der Waals surface area (Å²) in [6.45, 7) is 3.27. The van der Waals surface area contributed by atoms with Gasteiger partial charge >= 0.3 is 0 Å². The maximum Gasteiger partial charge on any atom is 0.289 e. The molecule has 11 heavy (non-hydrogen) atoms. The summed E-state index contributed by atoms with van der Waals surface area (Å²) in [7, 11) is 1.36. The molecule has 0 saturated carbocycles.